The average Bonchev–Trinajstić information content (AvgIpc) is 2.38. The van der Waals surface area contributed by atoms with E-state index in [0.29, 0.717) is 31.1 Å². The van der Waals surface area contributed by atoms with Crippen molar-refractivity contribution < 1.29 is 9.53 Å². The molecule has 18 heavy (non-hydrogen) atoms. The zero-order chi connectivity index (χ0) is 13.5. The SMILES string of the molecule is CCC(C)N(CCOC)C(=O)C1CCNC(C)C1. The highest BCUT2D eigenvalue weighted by atomic mass is 16.5. The number of rotatable bonds is 6. The first-order chi connectivity index (χ1) is 8.60. The predicted octanol–water partition coefficient (Wildman–Crippen LogP) is 1.65. The van der Waals surface area contributed by atoms with Crippen LogP contribution < -0.4 is 5.32 Å². The van der Waals surface area contributed by atoms with Gasteiger partial charge in [0.2, 0.25) is 5.91 Å². The van der Waals surface area contributed by atoms with E-state index in [2.05, 4.69) is 26.1 Å². The van der Waals surface area contributed by atoms with E-state index in [-0.39, 0.29) is 5.92 Å². The molecule has 0 aromatic carbocycles. The molecule has 0 aliphatic carbocycles. The van der Waals surface area contributed by atoms with Crippen molar-refractivity contribution in [3.8, 4) is 0 Å². The Morgan fingerprint density at radius 2 is 2.28 bits per heavy atom. The van der Waals surface area contributed by atoms with E-state index in [1.165, 1.54) is 0 Å². The van der Waals surface area contributed by atoms with Crippen molar-refractivity contribution in [1.82, 2.24) is 10.2 Å². The van der Waals surface area contributed by atoms with Gasteiger partial charge in [-0.2, -0.15) is 0 Å². The number of amides is 1. The molecule has 1 amide bonds. The fraction of sp³-hybridized carbons (Fsp3) is 0.929. The van der Waals surface area contributed by atoms with Crippen LogP contribution in [0.5, 0.6) is 0 Å². The number of carbonyl (C=O) groups is 1. The largest absolute Gasteiger partial charge is 0.383 e. The fourth-order valence-electron chi connectivity index (χ4n) is 2.55. The summed E-state index contributed by atoms with van der Waals surface area (Å²) in [6, 6.07) is 0.756. The van der Waals surface area contributed by atoms with E-state index in [0.717, 1.165) is 25.8 Å². The first-order valence-electron chi connectivity index (χ1n) is 7.12. The first kappa shape index (κ1) is 15.4. The van der Waals surface area contributed by atoms with Crippen LogP contribution in [0, 0.1) is 5.92 Å². The molecule has 1 saturated heterocycles. The Labute approximate surface area is 111 Å². The molecular weight excluding hydrogens is 228 g/mol. The fourth-order valence-corrected chi connectivity index (χ4v) is 2.55. The summed E-state index contributed by atoms with van der Waals surface area (Å²) in [4.78, 5) is 14.6. The molecule has 4 nitrogen and oxygen atoms in total. The number of ether oxygens (including phenoxy) is 1. The predicted molar refractivity (Wildman–Crippen MR) is 73.5 cm³/mol. The van der Waals surface area contributed by atoms with Gasteiger partial charge in [-0.1, -0.05) is 6.92 Å². The van der Waals surface area contributed by atoms with Gasteiger partial charge in [-0.25, -0.2) is 0 Å². The summed E-state index contributed by atoms with van der Waals surface area (Å²) >= 11 is 0. The van der Waals surface area contributed by atoms with Gasteiger partial charge in [0, 0.05) is 31.7 Å². The minimum Gasteiger partial charge on any atom is -0.383 e. The quantitative estimate of drug-likeness (QED) is 0.785. The summed E-state index contributed by atoms with van der Waals surface area (Å²) in [6.45, 7) is 8.69. The van der Waals surface area contributed by atoms with Crippen molar-refractivity contribution in [2.24, 2.45) is 5.92 Å². The summed E-state index contributed by atoms with van der Waals surface area (Å²) in [6.07, 6.45) is 2.91. The Morgan fingerprint density at radius 3 is 2.83 bits per heavy atom. The van der Waals surface area contributed by atoms with Gasteiger partial charge in [0.15, 0.2) is 0 Å². The lowest BCUT2D eigenvalue weighted by molar-refractivity contribution is -0.139. The van der Waals surface area contributed by atoms with Gasteiger partial charge in [-0.3, -0.25) is 4.79 Å². The Morgan fingerprint density at radius 1 is 1.56 bits per heavy atom. The van der Waals surface area contributed by atoms with Crippen molar-refractivity contribution in [2.75, 3.05) is 26.8 Å². The molecule has 0 aromatic heterocycles. The molecule has 0 bridgehead atoms. The minimum absolute atomic E-state index is 0.187. The summed E-state index contributed by atoms with van der Waals surface area (Å²) in [5.74, 6) is 0.502. The van der Waals surface area contributed by atoms with Crippen LogP contribution in [-0.4, -0.2) is 49.7 Å². The van der Waals surface area contributed by atoms with Crippen molar-refractivity contribution in [3.63, 3.8) is 0 Å². The lowest BCUT2D eigenvalue weighted by Gasteiger charge is -2.35. The van der Waals surface area contributed by atoms with Gasteiger partial charge in [0.25, 0.3) is 0 Å². The standard InChI is InChI=1S/C14H28N2O2/c1-5-12(3)16(8-9-18-4)14(17)13-6-7-15-11(2)10-13/h11-13,15H,5-10H2,1-4H3. The smallest absolute Gasteiger partial charge is 0.226 e. The summed E-state index contributed by atoms with van der Waals surface area (Å²) in [7, 11) is 1.69. The highest BCUT2D eigenvalue weighted by molar-refractivity contribution is 5.79. The summed E-state index contributed by atoms with van der Waals surface area (Å²) in [5.41, 5.74) is 0. The summed E-state index contributed by atoms with van der Waals surface area (Å²) < 4.78 is 5.12. The van der Waals surface area contributed by atoms with Crippen LogP contribution in [0.2, 0.25) is 0 Å². The maximum Gasteiger partial charge on any atom is 0.226 e. The third-order valence-corrected chi connectivity index (χ3v) is 3.92. The lowest BCUT2D eigenvalue weighted by atomic mass is 9.91. The highest BCUT2D eigenvalue weighted by Gasteiger charge is 2.30. The Balaban J connectivity index is 2.62. The highest BCUT2D eigenvalue weighted by Crippen LogP contribution is 2.20. The number of piperidine rings is 1. The van der Waals surface area contributed by atoms with Gasteiger partial charge in [-0.05, 0) is 39.7 Å². The van der Waals surface area contributed by atoms with Gasteiger partial charge >= 0.3 is 0 Å². The Hall–Kier alpha value is -0.610. The van der Waals surface area contributed by atoms with Gasteiger partial charge in [-0.15, -0.1) is 0 Å². The molecule has 1 heterocycles. The van der Waals surface area contributed by atoms with Crippen LogP contribution in [0.4, 0.5) is 0 Å². The second-order valence-corrected chi connectivity index (χ2v) is 5.36. The molecule has 4 heteroatoms. The second-order valence-electron chi connectivity index (χ2n) is 5.36. The molecule has 106 valence electrons. The maximum absolute atomic E-state index is 12.6. The van der Waals surface area contributed by atoms with Crippen molar-refractivity contribution in [2.45, 2.75) is 52.1 Å². The van der Waals surface area contributed by atoms with E-state index in [1.54, 1.807) is 7.11 Å². The van der Waals surface area contributed by atoms with E-state index >= 15 is 0 Å². The average molecular weight is 256 g/mol. The molecule has 0 aromatic rings. The molecule has 1 rings (SSSR count). The van der Waals surface area contributed by atoms with Crippen LogP contribution >= 0.6 is 0 Å². The molecule has 1 fully saturated rings. The lowest BCUT2D eigenvalue weighted by Crippen LogP contribution is -2.48. The van der Waals surface area contributed by atoms with Gasteiger partial charge < -0.3 is 15.0 Å². The minimum atomic E-state index is 0.187. The zero-order valence-electron chi connectivity index (χ0n) is 12.2. The number of hydrogen-bond acceptors (Lipinski definition) is 3. The van der Waals surface area contributed by atoms with E-state index in [4.69, 9.17) is 4.74 Å². The van der Waals surface area contributed by atoms with Crippen LogP contribution in [0.25, 0.3) is 0 Å². The number of nitrogens with zero attached hydrogens (tertiary/aromatic N) is 1. The first-order valence-corrected chi connectivity index (χ1v) is 7.12. The number of methoxy groups -OCH3 is 1. The number of hydrogen-bond donors (Lipinski definition) is 1. The molecule has 0 saturated carbocycles. The maximum atomic E-state index is 12.6. The molecule has 1 aliphatic rings. The van der Waals surface area contributed by atoms with Crippen molar-refractivity contribution >= 4 is 5.91 Å². The van der Waals surface area contributed by atoms with E-state index in [1.807, 2.05) is 4.90 Å². The number of carbonyl (C=O) groups excluding carboxylic acids is 1. The molecular formula is C14H28N2O2. The third kappa shape index (κ3) is 4.25. The van der Waals surface area contributed by atoms with Crippen molar-refractivity contribution in [3.05, 3.63) is 0 Å². The second kappa shape index (κ2) is 7.74. The van der Waals surface area contributed by atoms with Crippen molar-refractivity contribution in [1.29, 1.82) is 0 Å². The summed E-state index contributed by atoms with van der Waals surface area (Å²) in [5, 5.41) is 3.40. The van der Waals surface area contributed by atoms with Gasteiger partial charge in [0.05, 0.1) is 6.61 Å². The molecule has 1 N–H and O–H groups in total. The molecule has 0 spiro atoms. The Bertz CT molecular complexity index is 258. The topological polar surface area (TPSA) is 41.6 Å². The van der Waals surface area contributed by atoms with Gasteiger partial charge in [0.1, 0.15) is 0 Å². The van der Waals surface area contributed by atoms with Crippen LogP contribution in [0.15, 0.2) is 0 Å². The van der Waals surface area contributed by atoms with E-state index < -0.39 is 0 Å². The normalized spacial score (nSPS) is 25.8. The molecule has 1 aliphatic heterocycles. The monoisotopic (exact) mass is 256 g/mol. The molecule has 3 atom stereocenters. The zero-order valence-corrected chi connectivity index (χ0v) is 12.2. The number of nitrogens with one attached hydrogen (secondary N) is 1. The third-order valence-electron chi connectivity index (χ3n) is 3.92. The van der Waals surface area contributed by atoms with E-state index in [9.17, 15) is 4.79 Å². The Kier molecular flexibility index (Phi) is 6.65. The van der Waals surface area contributed by atoms with Crippen LogP contribution in [0.3, 0.4) is 0 Å². The molecule has 3 unspecified atom stereocenters. The van der Waals surface area contributed by atoms with Crippen LogP contribution in [0.1, 0.15) is 40.0 Å². The van der Waals surface area contributed by atoms with Crippen LogP contribution in [-0.2, 0) is 9.53 Å². The molecule has 0 radical (unpaired) electrons.